The van der Waals surface area contributed by atoms with Gasteiger partial charge in [-0.2, -0.15) is 13.2 Å². The van der Waals surface area contributed by atoms with Crippen LogP contribution < -0.4 is 5.32 Å². The summed E-state index contributed by atoms with van der Waals surface area (Å²) in [5.74, 6) is -2.61. The minimum atomic E-state index is -4.90. The van der Waals surface area contributed by atoms with Crippen LogP contribution in [0.25, 0.3) is 0 Å². The normalized spacial score (nSPS) is 16.6. The first-order chi connectivity index (χ1) is 13.2. The number of carbonyl (C=O) groups is 1. The van der Waals surface area contributed by atoms with E-state index in [0.29, 0.717) is 43.8 Å². The molecule has 0 spiro atoms. The summed E-state index contributed by atoms with van der Waals surface area (Å²) in [4.78, 5) is 12.4. The Kier molecular flexibility index (Phi) is 5.69. The number of hydrogen-bond donors (Lipinski definition) is 1. The van der Waals surface area contributed by atoms with Gasteiger partial charge in [-0.05, 0) is 48.7 Å². The molecule has 0 aliphatic carbocycles. The van der Waals surface area contributed by atoms with Crippen LogP contribution in [0, 0.1) is 11.6 Å². The van der Waals surface area contributed by atoms with Gasteiger partial charge in [0.25, 0.3) is 5.91 Å². The molecule has 0 unspecified atom stereocenters. The first-order valence-electron chi connectivity index (χ1n) is 8.70. The fourth-order valence-electron chi connectivity index (χ4n) is 3.38. The van der Waals surface area contributed by atoms with Crippen LogP contribution in [-0.4, -0.2) is 25.7 Å². The summed E-state index contributed by atoms with van der Waals surface area (Å²) in [6.45, 7) is 0.930. The highest BCUT2D eigenvalue weighted by atomic mass is 19.4. The lowest BCUT2D eigenvalue weighted by Gasteiger charge is -2.38. The van der Waals surface area contributed by atoms with Gasteiger partial charge in [-0.25, -0.2) is 8.78 Å². The molecule has 0 saturated carbocycles. The van der Waals surface area contributed by atoms with Gasteiger partial charge in [-0.1, -0.05) is 12.1 Å². The molecule has 1 N–H and O–H groups in total. The molecule has 3 rings (SSSR count). The molecule has 0 radical (unpaired) electrons. The average Bonchev–Trinajstić information content (AvgIpc) is 2.66. The summed E-state index contributed by atoms with van der Waals surface area (Å²) in [7, 11) is 0. The highest BCUT2D eigenvalue weighted by molar-refractivity contribution is 5.94. The van der Waals surface area contributed by atoms with Crippen molar-refractivity contribution < 1.29 is 31.5 Å². The predicted octanol–water partition coefficient (Wildman–Crippen LogP) is 4.46. The Morgan fingerprint density at radius 3 is 2.43 bits per heavy atom. The van der Waals surface area contributed by atoms with Crippen molar-refractivity contribution in [2.45, 2.75) is 24.4 Å². The zero-order valence-electron chi connectivity index (χ0n) is 14.8. The van der Waals surface area contributed by atoms with Crippen molar-refractivity contribution in [3.63, 3.8) is 0 Å². The van der Waals surface area contributed by atoms with Crippen molar-refractivity contribution in [3.8, 4) is 0 Å². The lowest BCUT2D eigenvalue weighted by molar-refractivity contribution is -0.140. The first kappa shape index (κ1) is 20.3. The van der Waals surface area contributed by atoms with Crippen LogP contribution in [0.15, 0.2) is 42.5 Å². The summed E-state index contributed by atoms with van der Waals surface area (Å²) in [5, 5.41) is 2.62. The first-order valence-corrected chi connectivity index (χ1v) is 8.70. The van der Waals surface area contributed by atoms with E-state index in [9.17, 15) is 26.7 Å². The van der Waals surface area contributed by atoms with Crippen LogP contribution in [0.2, 0.25) is 0 Å². The Hall–Kier alpha value is -2.48. The van der Waals surface area contributed by atoms with Crippen LogP contribution in [0.5, 0.6) is 0 Å². The third-order valence-corrected chi connectivity index (χ3v) is 5.01. The van der Waals surface area contributed by atoms with Crippen molar-refractivity contribution in [1.82, 2.24) is 5.32 Å². The third kappa shape index (κ3) is 4.32. The number of hydrogen-bond acceptors (Lipinski definition) is 2. The molecule has 1 aliphatic heterocycles. The van der Waals surface area contributed by atoms with Gasteiger partial charge in [0.2, 0.25) is 0 Å². The van der Waals surface area contributed by atoms with E-state index in [-0.39, 0.29) is 12.1 Å². The van der Waals surface area contributed by atoms with Crippen molar-refractivity contribution in [2.75, 3.05) is 19.8 Å². The van der Waals surface area contributed by atoms with E-state index < -0.39 is 34.7 Å². The average molecular weight is 399 g/mol. The number of ether oxygens (including phenoxy) is 1. The number of benzene rings is 2. The van der Waals surface area contributed by atoms with Crippen molar-refractivity contribution in [1.29, 1.82) is 0 Å². The zero-order chi connectivity index (χ0) is 20.4. The van der Waals surface area contributed by atoms with E-state index in [0.717, 1.165) is 6.07 Å². The van der Waals surface area contributed by atoms with Gasteiger partial charge in [0.1, 0.15) is 11.6 Å². The van der Waals surface area contributed by atoms with E-state index in [1.165, 1.54) is 12.1 Å². The third-order valence-electron chi connectivity index (χ3n) is 5.01. The molecule has 3 nitrogen and oxygen atoms in total. The highest BCUT2D eigenvalue weighted by Crippen LogP contribution is 2.35. The molecule has 1 heterocycles. The minimum absolute atomic E-state index is 0.0946. The second-order valence-corrected chi connectivity index (χ2v) is 6.78. The number of carbonyl (C=O) groups excluding carboxylic acids is 1. The van der Waals surface area contributed by atoms with Gasteiger partial charge in [0.05, 0.1) is 5.56 Å². The van der Waals surface area contributed by atoms with Gasteiger partial charge >= 0.3 is 6.18 Å². The van der Waals surface area contributed by atoms with Crippen LogP contribution in [0.1, 0.15) is 34.3 Å². The molecule has 0 atom stereocenters. The molecule has 2 aromatic carbocycles. The van der Waals surface area contributed by atoms with Crippen molar-refractivity contribution >= 4 is 5.91 Å². The molecular weight excluding hydrogens is 381 g/mol. The predicted molar refractivity (Wildman–Crippen MR) is 91.9 cm³/mol. The molecule has 8 heteroatoms. The number of rotatable bonds is 4. The molecule has 0 bridgehead atoms. The number of halogens is 5. The van der Waals surface area contributed by atoms with Gasteiger partial charge in [0.15, 0.2) is 0 Å². The van der Waals surface area contributed by atoms with E-state index in [4.69, 9.17) is 4.74 Å². The summed E-state index contributed by atoms with van der Waals surface area (Å²) >= 11 is 0. The number of alkyl halides is 3. The van der Waals surface area contributed by atoms with Gasteiger partial charge in [-0.15, -0.1) is 0 Å². The van der Waals surface area contributed by atoms with Crippen molar-refractivity contribution in [3.05, 3.63) is 70.8 Å². The lowest BCUT2D eigenvalue weighted by atomic mass is 9.74. The molecule has 1 aliphatic rings. The van der Waals surface area contributed by atoms with E-state index in [2.05, 4.69) is 5.32 Å². The van der Waals surface area contributed by atoms with Crippen LogP contribution in [-0.2, 0) is 16.3 Å². The second kappa shape index (κ2) is 7.87. The summed E-state index contributed by atoms with van der Waals surface area (Å²) in [6.07, 6.45) is -3.86. The Balaban J connectivity index is 1.81. The van der Waals surface area contributed by atoms with Crippen LogP contribution >= 0.6 is 0 Å². The van der Waals surface area contributed by atoms with Crippen molar-refractivity contribution in [2.24, 2.45) is 0 Å². The quantitative estimate of drug-likeness (QED) is 0.771. The fourth-order valence-corrected chi connectivity index (χ4v) is 3.38. The molecule has 28 heavy (non-hydrogen) atoms. The Morgan fingerprint density at radius 1 is 1.07 bits per heavy atom. The standard InChI is InChI=1S/C20H18F5NO2/c21-15-3-1-2-14(11-15)19(6-8-28-9-7-19)12-26-18(27)13-4-5-17(22)16(10-13)20(23,24)25/h1-5,10-11H,6-9,12H2,(H,26,27). The van der Waals surface area contributed by atoms with Gasteiger partial charge in [0, 0.05) is 30.7 Å². The highest BCUT2D eigenvalue weighted by Gasteiger charge is 2.36. The van der Waals surface area contributed by atoms with Gasteiger partial charge in [-0.3, -0.25) is 4.79 Å². The number of nitrogens with one attached hydrogen (secondary N) is 1. The van der Waals surface area contributed by atoms with E-state index >= 15 is 0 Å². The molecular formula is C20H18F5NO2. The maximum absolute atomic E-state index is 13.7. The van der Waals surface area contributed by atoms with Crippen LogP contribution in [0.3, 0.4) is 0 Å². The molecule has 1 amide bonds. The summed E-state index contributed by atoms with van der Waals surface area (Å²) in [5.41, 5.74) is -1.70. The smallest absolute Gasteiger partial charge is 0.381 e. The Morgan fingerprint density at radius 2 is 1.79 bits per heavy atom. The number of amides is 1. The molecule has 1 fully saturated rings. The Labute approximate surface area is 158 Å². The fraction of sp³-hybridized carbons (Fsp3) is 0.350. The largest absolute Gasteiger partial charge is 0.419 e. The topological polar surface area (TPSA) is 38.3 Å². The van der Waals surface area contributed by atoms with E-state index in [1.807, 2.05) is 0 Å². The Bertz CT molecular complexity index is 860. The van der Waals surface area contributed by atoms with Gasteiger partial charge < -0.3 is 10.1 Å². The maximum atomic E-state index is 13.7. The van der Waals surface area contributed by atoms with E-state index in [1.54, 1.807) is 12.1 Å². The summed E-state index contributed by atoms with van der Waals surface area (Å²) < 4.78 is 71.1. The molecule has 0 aromatic heterocycles. The molecule has 2 aromatic rings. The SMILES string of the molecule is O=C(NCC1(c2cccc(F)c2)CCOCC1)c1ccc(F)c(C(F)(F)F)c1. The summed E-state index contributed by atoms with van der Waals surface area (Å²) in [6, 6.07) is 8.12. The molecule has 1 saturated heterocycles. The second-order valence-electron chi connectivity index (χ2n) is 6.78. The lowest BCUT2D eigenvalue weighted by Crippen LogP contribution is -2.44. The van der Waals surface area contributed by atoms with Crippen LogP contribution in [0.4, 0.5) is 22.0 Å². The molecule has 150 valence electrons. The minimum Gasteiger partial charge on any atom is -0.381 e. The monoisotopic (exact) mass is 399 g/mol. The zero-order valence-corrected chi connectivity index (χ0v) is 14.8. The maximum Gasteiger partial charge on any atom is 0.419 e.